The van der Waals surface area contributed by atoms with Crippen LogP contribution in [0.4, 0.5) is 0 Å². The molecule has 1 atom stereocenters. The van der Waals surface area contributed by atoms with Gasteiger partial charge in [0.1, 0.15) is 0 Å². The first kappa shape index (κ1) is 10.6. The van der Waals surface area contributed by atoms with Crippen molar-refractivity contribution in [2.75, 3.05) is 6.54 Å². The lowest BCUT2D eigenvalue weighted by Gasteiger charge is -2.10. The minimum atomic E-state index is 0.223. The molecule has 0 amide bonds. The van der Waals surface area contributed by atoms with Crippen LogP contribution in [-0.2, 0) is 7.05 Å². The highest BCUT2D eigenvalue weighted by Gasteiger charge is 2.15. The first-order valence-corrected chi connectivity index (χ1v) is 6.24. The summed E-state index contributed by atoms with van der Waals surface area (Å²) < 4.78 is 1.65. The molecule has 0 radical (unpaired) electrons. The van der Waals surface area contributed by atoms with E-state index in [0.29, 0.717) is 6.54 Å². The number of aryl methyl sites for hydroxylation is 1. The zero-order chi connectivity index (χ0) is 10.7. The largest absolute Gasteiger partial charge is 0.329 e. The standard InChI is InChI=1S/C8H11N5S2/c1-13-8(10-11-12-13)15-7(4-9)6-2-3-14-5-6/h2-3,5,7H,4,9H2,1H3. The molecule has 2 heterocycles. The van der Waals surface area contributed by atoms with E-state index in [-0.39, 0.29) is 5.25 Å². The molecular weight excluding hydrogens is 230 g/mol. The van der Waals surface area contributed by atoms with Crippen molar-refractivity contribution in [1.82, 2.24) is 20.2 Å². The van der Waals surface area contributed by atoms with Crippen molar-refractivity contribution in [3.05, 3.63) is 22.4 Å². The van der Waals surface area contributed by atoms with Crippen LogP contribution < -0.4 is 5.73 Å². The maximum atomic E-state index is 5.74. The van der Waals surface area contributed by atoms with Gasteiger partial charge >= 0.3 is 0 Å². The molecule has 0 saturated carbocycles. The van der Waals surface area contributed by atoms with E-state index in [4.69, 9.17) is 5.73 Å². The van der Waals surface area contributed by atoms with Crippen molar-refractivity contribution in [1.29, 1.82) is 0 Å². The van der Waals surface area contributed by atoms with Crippen LogP contribution >= 0.6 is 23.1 Å². The first-order chi connectivity index (χ1) is 7.31. The van der Waals surface area contributed by atoms with E-state index in [1.807, 2.05) is 12.4 Å². The molecule has 0 aliphatic heterocycles. The van der Waals surface area contributed by atoms with E-state index in [9.17, 15) is 0 Å². The number of tetrazole rings is 1. The molecule has 0 aliphatic rings. The lowest BCUT2D eigenvalue weighted by atomic mass is 10.2. The zero-order valence-electron chi connectivity index (χ0n) is 8.20. The predicted octanol–water partition coefficient (Wildman–Crippen LogP) is 1.06. The van der Waals surface area contributed by atoms with Gasteiger partial charge in [0, 0.05) is 13.6 Å². The molecule has 2 aromatic rings. The first-order valence-electron chi connectivity index (χ1n) is 4.42. The number of nitrogens with two attached hydrogens (primary N) is 1. The minimum absolute atomic E-state index is 0.223. The highest BCUT2D eigenvalue weighted by molar-refractivity contribution is 7.99. The summed E-state index contributed by atoms with van der Waals surface area (Å²) in [5.41, 5.74) is 6.97. The number of hydrogen-bond acceptors (Lipinski definition) is 6. The third kappa shape index (κ3) is 2.36. The van der Waals surface area contributed by atoms with Crippen LogP contribution in [0.25, 0.3) is 0 Å². The fourth-order valence-electron chi connectivity index (χ4n) is 1.16. The second kappa shape index (κ2) is 4.73. The summed E-state index contributed by atoms with van der Waals surface area (Å²) in [7, 11) is 1.82. The van der Waals surface area contributed by atoms with Gasteiger partial charge in [-0.3, -0.25) is 0 Å². The Morgan fingerprint density at radius 3 is 3.07 bits per heavy atom. The molecule has 5 nitrogen and oxygen atoms in total. The minimum Gasteiger partial charge on any atom is -0.329 e. The van der Waals surface area contributed by atoms with Gasteiger partial charge in [0.25, 0.3) is 0 Å². The number of nitrogens with zero attached hydrogens (tertiary/aromatic N) is 4. The smallest absolute Gasteiger partial charge is 0.209 e. The molecule has 7 heteroatoms. The summed E-state index contributed by atoms with van der Waals surface area (Å²) >= 11 is 3.26. The average Bonchev–Trinajstić information content (AvgIpc) is 2.86. The molecule has 0 bridgehead atoms. The second-order valence-corrected chi connectivity index (χ2v) is 4.93. The van der Waals surface area contributed by atoms with Crippen molar-refractivity contribution in [3.8, 4) is 0 Å². The molecule has 15 heavy (non-hydrogen) atoms. The molecule has 2 N–H and O–H groups in total. The Kier molecular flexibility index (Phi) is 3.34. The molecule has 0 spiro atoms. The summed E-state index contributed by atoms with van der Waals surface area (Å²) in [4.78, 5) is 0. The maximum absolute atomic E-state index is 5.74. The monoisotopic (exact) mass is 241 g/mol. The van der Waals surface area contributed by atoms with Gasteiger partial charge in [-0.2, -0.15) is 11.3 Å². The van der Waals surface area contributed by atoms with Crippen molar-refractivity contribution in [2.45, 2.75) is 10.4 Å². The van der Waals surface area contributed by atoms with E-state index in [1.54, 1.807) is 27.8 Å². The van der Waals surface area contributed by atoms with Gasteiger partial charge in [0.15, 0.2) is 0 Å². The van der Waals surface area contributed by atoms with Crippen molar-refractivity contribution in [3.63, 3.8) is 0 Å². The highest BCUT2D eigenvalue weighted by atomic mass is 32.2. The van der Waals surface area contributed by atoms with Gasteiger partial charge in [-0.15, -0.1) is 5.10 Å². The highest BCUT2D eigenvalue weighted by Crippen LogP contribution is 2.33. The van der Waals surface area contributed by atoms with Gasteiger partial charge in [0.05, 0.1) is 5.25 Å². The molecule has 1 unspecified atom stereocenters. The van der Waals surface area contributed by atoms with E-state index < -0.39 is 0 Å². The summed E-state index contributed by atoms with van der Waals surface area (Å²) in [6, 6.07) is 2.08. The van der Waals surface area contributed by atoms with Crippen LogP contribution in [0.2, 0.25) is 0 Å². The molecular formula is C8H11N5S2. The molecule has 0 saturated heterocycles. The number of rotatable bonds is 4. The van der Waals surface area contributed by atoms with Crippen LogP contribution in [-0.4, -0.2) is 26.8 Å². The Bertz CT molecular complexity index is 410. The van der Waals surface area contributed by atoms with Gasteiger partial charge < -0.3 is 5.73 Å². The number of thioether (sulfide) groups is 1. The number of hydrogen-bond donors (Lipinski definition) is 1. The van der Waals surface area contributed by atoms with E-state index >= 15 is 0 Å². The number of thiophene rings is 1. The average molecular weight is 241 g/mol. The van der Waals surface area contributed by atoms with E-state index in [1.165, 1.54) is 5.56 Å². The van der Waals surface area contributed by atoms with E-state index in [2.05, 4.69) is 27.0 Å². The summed E-state index contributed by atoms with van der Waals surface area (Å²) in [5, 5.41) is 16.5. The summed E-state index contributed by atoms with van der Waals surface area (Å²) in [6.45, 7) is 0.578. The Morgan fingerprint density at radius 1 is 1.67 bits per heavy atom. The van der Waals surface area contributed by atoms with Gasteiger partial charge in [-0.1, -0.05) is 11.8 Å². The lowest BCUT2D eigenvalue weighted by Crippen LogP contribution is -2.09. The summed E-state index contributed by atoms with van der Waals surface area (Å²) in [6.07, 6.45) is 0. The maximum Gasteiger partial charge on any atom is 0.209 e. The Hall–Kier alpha value is -0.920. The van der Waals surface area contributed by atoms with Crippen LogP contribution in [0, 0.1) is 0 Å². The topological polar surface area (TPSA) is 69.6 Å². The zero-order valence-corrected chi connectivity index (χ0v) is 9.83. The fraction of sp³-hybridized carbons (Fsp3) is 0.375. The Morgan fingerprint density at radius 2 is 2.53 bits per heavy atom. The molecule has 0 aliphatic carbocycles. The van der Waals surface area contributed by atoms with Crippen molar-refractivity contribution in [2.24, 2.45) is 12.8 Å². The van der Waals surface area contributed by atoms with Gasteiger partial charge in [-0.25, -0.2) is 4.68 Å². The van der Waals surface area contributed by atoms with Crippen molar-refractivity contribution >= 4 is 23.1 Å². The third-order valence-electron chi connectivity index (χ3n) is 1.96. The van der Waals surface area contributed by atoms with Crippen molar-refractivity contribution < 1.29 is 0 Å². The van der Waals surface area contributed by atoms with E-state index in [0.717, 1.165) is 5.16 Å². The molecule has 80 valence electrons. The fourth-order valence-corrected chi connectivity index (χ4v) is 2.87. The molecule has 2 rings (SSSR count). The van der Waals surface area contributed by atoms with Gasteiger partial charge in [0.2, 0.25) is 5.16 Å². The molecule has 0 fully saturated rings. The summed E-state index contributed by atoms with van der Waals surface area (Å²) in [5.74, 6) is 0. The SMILES string of the molecule is Cn1nnnc1SC(CN)c1ccsc1. The molecule has 0 aromatic carbocycles. The number of aromatic nitrogens is 4. The quantitative estimate of drug-likeness (QED) is 0.811. The van der Waals surface area contributed by atoms with Crippen LogP contribution in [0.1, 0.15) is 10.8 Å². The van der Waals surface area contributed by atoms with Gasteiger partial charge in [-0.05, 0) is 32.8 Å². The Balaban J connectivity index is 2.13. The Labute approximate surface area is 95.7 Å². The van der Waals surface area contributed by atoms with Crippen LogP contribution in [0.5, 0.6) is 0 Å². The lowest BCUT2D eigenvalue weighted by molar-refractivity contribution is 0.663. The van der Waals surface area contributed by atoms with Crippen LogP contribution in [0.15, 0.2) is 22.0 Å². The predicted molar refractivity (Wildman–Crippen MR) is 60.8 cm³/mol. The third-order valence-corrected chi connectivity index (χ3v) is 3.97. The van der Waals surface area contributed by atoms with Crippen LogP contribution in [0.3, 0.4) is 0 Å². The normalized spacial score (nSPS) is 12.9. The second-order valence-electron chi connectivity index (χ2n) is 2.98. The molecule has 2 aromatic heterocycles.